The van der Waals surface area contributed by atoms with Gasteiger partial charge in [-0.25, -0.2) is 4.98 Å². The Morgan fingerprint density at radius 1 is 1.18 bits per heavy atom. The number of hydrogen-bond acceptors (Lipinski definition) is 3. The Labute approximate surface area is 102 Å². The van der Waals surface area contributed by atoms with Crippen LogP contribution < -0.4 is 5.73 Å². The summed E-state index contributed by atoms with van der Waals surface area (Å²) in [5.41, 5.74) is 6.00. The summed E-state index contributed by atoms with van der Waals surface area (Å²) in [5, 5.41) is 7.61. The summed E-state index contributed by atoms with van der Waals surface area (Å²) in [5.74, 6) is 2.70. The molecule has 0 amide bonds. The molecular formula is C13H22N4. The quantitative estimate of drug-likeness (QED) is 0.842. The monoisotopic (exact) mass is 234 g/mol. The van der Waals surface area contributed by atoms with Gasteiger partial charge in [0, 0.05) is 17.9 Å². The summed E-state index contributed by atoms with van der Waals surface area (Å²) in [6.45, 7) is 0.689. The lowest BCUT2D eigenvalue weighted by molar-refractivity contribution is 0.238. The lowest BCUT2D eigenvalue weighted by Gasteiger charge is -2.38. The molecule has 2 aliphatic rings. The molecule has 0 atom stereocenters. The number of aromatic amines is 1. The lowest BCUT2D eigenvalue weighted by atomic mass is 9.68. The number of nitrogens with two attached hydrogens (primary N) is 1. The van der Waals surface area contributed by atoms with Crippen LogP contribution in [0.3, 0.4) is 0 Å². The number of aromatic nitrogens is 3. The van der Waals surface area contributed by atoms with Gasteiger partial charge in [0.05, 0.1) is 0 Å². The van der Waals surface area contributed by atoms with Crippen LogP contribution in [-0.2, 0) is 5.41 Å². The number of hydrogen-bond donors (Lipinski definition) is 2. The molecule has 2 fully saturated rings. The van der Waals surface area contributed by atoms with E-state index in [1.54, 1.807) is 0 Å². The Kier molecular flexibility index (Phi) is 2.90. The van der Waals surface area contributed by atoms with E-state index in [0.717, 1.165) is 24.5 Å². The summed E-state index contributed by atoms with van der Waals surface area (Å²) in [7, 11) is 0. The molecule has 17 heavy (non-hydrogen) atoms. The van der Waals surface area contributed by atoms with Crippen LogP contribution in [0.2, 0.25) is 0 Å². The molecule has 2 aliphatic carbocycles. The Morgan fingerprint density at radius 2 is 1.94 bits per heavy atom. The molecule has 0 radical (unpaired) electrons. The van der Waals surface area contributed by atoms with Gasteiger partial charge in [-0.1, -0.05) is 25.7 Å². The van der Waals surface area contributed by atoms with Gasteiger partial charge < -0.3 is 5.73 Å². The summed E-state index contributed by atoms with van der Waals surface area (Å²) in [4.78, 5) is 4.75. The van der Waals surface area contributed by atoms with Gasteiger partial charge in [0.2, 0.25) is 0 Å². The van der Waals surface area contributed by atoms with Crippen LogP contribution >= 0.6 is 0 Å². The maximum Gasteiger partial charge on any atom is 0.158 e. The first-order valence-electron chi connectivity index (χ1n) is 6.97. The van der Waals surface area contributed by atoms with E-state index in [9.17, 15) is 0 Å². The molecule has 0 aliphatic heterocycles. The highest BCUT2D eigenvalue weighted by Crippen LogP contribution is 2.41. The topological polar surface area (TPSA) is 67.6 Å². The largest absolute Gasteiger partial charge is 0.329 e. The highest BCUT2D eigenvalue weighted by atomic mass is 15.2. The van der Waals surface area contributed by atoms with Crippen LogP contribution in [0.4, 0.5) is 0 Å². The average Bonchev–Trinajstić information content (AvgIpc) is 2.80. The second-order valence-electron chi connectivity index (χ2n) is 5.72. The van der Waals surface area contributed by atoms with Crippen molar-refractivity contribution < 1.29 is 0 Å². The number of nitrogens with one attached hydrogen (secondary N) is 1. The fourth-order valence-corrected chi connectivity index (χ4v) is 3.19. The zero-order chi connectivity index (χ0) is 11.7. The Bertz CT molecular complexity index is 369. The zero-order valence-corrected chi connectivity index (χ0v) is 10.4. The highest BCUT2D eigenvalue weighted by molar-refractivity contribution is 5.15. The third kappa shape index (κ3) is 1.88. The van der Waals surface area contributed by atoms with E-state index in [1.165, 1.54) is 38.5 Å². The van der Waals surface area contributed by atoms with E-state index < -0.39 is 0 Å². The Balaban J connectivity index is 1.77. The van der Waals surface area contributed by atoms with E-state index in [4.69, 9.17) is 10.7 Å². The molecular weight excluding hydrogens is 212 g/mol. The maximum absolute atomic E-state index is 5.89. The molecule has 1 heterocycles. The Hall–Kier alpha value is -0.900. The van der Waals surface area contributed by atoms with E-state index in [-0.39, 0.29) is 5.41 Å². The molecule has 0 spiro atoms. The maximum atomic E-state index is 5.89. The third-order valence-corrected chi connectivity index (χ3v) is 4.67. The molecule has 4 heteroatoms. The van der Waals surface area contributed by atoms with Gasteiger partial charge in [0.15, 0.2) is 5.82 Å². The van der Waals surface area contributed by atoms with Gasteiger partial charge in [0.25, 0.3) is 0 Å². The number of nitrogens with zero attached hydrogens (tertiary/aromatic N) is 2. The van der Waals surface area contributed by atoms with Crippen LogP contribution in [0.25, 0.3) is 0 Å². The zero-order valence-electron chi connectivity index (χ0n) is 10.4. The number of H-pyrrole nitrogens is 1. The van der Waals surface area contributed by atoms with Crippen molar-refractivity contribution in [2.24, 2.45) is 5.73 Å². The smallest absolute Gasteiger partial charge is 0.158 e. The van der Waals surface area contributed by atoms with Crippen LogP contribution in [0.15, 0.2) is 0 Å². The van der Waals surface area contributed by atoms with Gasteiger partial charge in [-0.15, -0.1) is 0 Å². The van der Waals surface area contributed by atoms with Crippen molar-refractivity contribution >= 4 is 0 Å². The normalized spacial score (nSPS) is 24.5. The molecule has 0 aromatic carbocycles. The molecule has 0 unspecified atom stereocenters. The van der Waals surface area contributed by atoms with Crippen molar-refractivity contribution in [1.82, 2.24) is 15.2 Å². The summed E-state index contributed by atoms with van der Waals surface area (Å²) < 4.78 is 0. The highest BCUT2D eigenvalue weighted by Gasteiger charge is 2.41. The molecule has 3 N–H and O–H groups in total. The van der Waals surface area contributed by atoms with Gasteiger partial charge in [-0.05, 0) is 25.7 Å². The molecule has 0 saturated heterocycles. The molecule has 0 bridgehead atoms. The van der Waals surface area contributed by atoms with Crippen molar-refractivity contribution in [2.75, 3.05) is 6.54 Å². The van der Waals surface area contributed by atoms with Gasteiger partial charge in [-0.3, -0.25) is 5.10 Å². The molecule has 3 rings (SSSR count). The fraction of sp³-hybridized carbons (Fsp3) is 0.846. The molecule has 94 valence electrons. The van der Waals surface area contributed by atoms with Crippen molar-refractivity contribution in [3.63, 3.8) is 0 Å². The van der Waals surface area contributed by atoms with Crippen molar-refractivity contribution in [2.45, 2.75) is 62.7 Å². The van der Waals surface area contributed by atoms with E-state index >= 15 is 0 Å². The third-order valence-electron chi connectivity index (χ3n) is 4.67. The second kappa shape index (κ2) is 4.41. The molecule has 4 nitrogen and oxygen atoms in total. The first-order chi connectivity index (χ1) is 8.34. The second-order valence-corrected chi connectivity index (χ2v) is 5.72. The van der Waals surface area contributed by atoms with Gasteiger partial charge in [0.1, 0.15) is 5.82 Å². The standard InChI is InChI=1S/C13H22N4/c14-9-13(7-4-8-13)12-15-11(16-17-12)10-5-2-1-3-6-10/h10H,1-9,14H2,(H,15,16,17). The van der Waals surface area contributed by atoms with Crippen LogP contribution in [0, 0.1) is 0 Å². The van der Waals surface area contributed by atoms with E-state index in [1.807, 2.05) is 0 Å². The lowest BCUT2D eigenvalue weighted by Crippen LogP contribution is -2.42. The summed E-state index contributed by atoms with van der Waals surface area (Å²) in [6.07, 6.45) is 10.2. The fourth-order valence-electron chi connectivity index (χ4n) is 3.19. The first kappa shape index (κ1) is 11.2. The van der Waals surface area contributed by atoms with Crippen molar-refractivity contribution in [1.29, 1.82) is 0 Å². The molecule has 1 aromatic rings. The van der Waals surface area contributed by atoms with Crippen LogP contribution in [0.1, 0.15) is 68.9 Å². The number of rotatable bonds is 3. The molecule has 2 saturated carbocycles. The minimum Gasteiger partial charge on any atom is -0.329 e. The van der Waals surface area contributed by atoms with E-state index in [2.05, 4.69) is 10.2 Å². The first-order valence-corrected chi connectivity index (χ1v) is 6.97. The van der Waals surface area contributed by atoms with Gasteiger partial charge >= 0.3 is 0 Å². The van der Waals surface area contributed by atoms with Crippen molar-refractivity contribution in [3.05, 3.63) is 11.6 Å². The van der Waals surface area contributed by atoms with Gasteiger partial charge in [-0.2, -0.15) is 5.10 Å². The van der Waals surface area contributed by atoms with Crippen molar-refractivity contribution in [3.8, 4) is 0 Å². The van der Waals surface area contributed by atoms with Crippen LogP contribution in [-0.4, -0.2) is 21.7 Å². The Morgan fingerprint density at radius 3 is 2.53 bits per heavy atom. The summed E-state index contributed by atoms with van der Waals surface area (Å²) >= 11 is 0. The average molecular weight is 234 g/mol. The predicted molar refractivity (Wildman–Crippen MR) is 66.8 cm³/mol. The van der Waals surface area contributed by atoms with Crippen LogP contribution in [0.5, 0.6) is 0 Å². The SMILES string of the molecule is NCC1(c2n[nH]c(C3CCCCC3)n2)CCC1. The molecule has 1 aromatic heterocycles. The summed E-state index contributed by atoms with van der Waals surface area (Å²) in [6, 6.07) is 0. The predicted octanol–water partition coefficient (Wildman–Crippen LogP) is 2.23. The minimum atomic E-state index is 0.101. The minimum absolute atomic E-state index is 0.101. The van der Waals surface area contributed by atoms with E-state index in [0.29, 0.717) is 12.5 Å².